The molecule has 0 aliphatic heterocycles. The van der Waals surface area contributed by atoms with E-state index in [-0.39, 0.29) is 0 Å². The molecular formula is C12H10BrFN2. The van der Waals surface area contributed by atoms with Crippen molar-refractivity contribution < 1.29 is 4.39 Å². The highest BCUT2D eigenvalue weighted by Gasteiger charge is 1.99. The Morgan fingerprint density at radius 3 is 2.81 bits per heavy atom. The van der Waals surface area contributed by atoms with Gasteiger partial charge in [-0.25, -0.2) is 4.98 Å². The van der Waals surface area contributed by atoms with Crippen LogP contribution < -0.4 is 5.32 Å². The molecule has 0 amide bonds. The average molecular weight is 281 g/mol. The number of hydrogen-bond donors (Lipinski definition) is 1. The monoisotopic (exact) mass is 280 g/mol. The fraction of sp³-hybridized carbons (Fsp3) is 0.0833. The Kier molecular flexibility index (Phi) is 3.51. The van der Waals surface area contributed by atoms with E-state index in [0.717, 1.165) is 15.7 Å². The maximum atomic E-state index is 12.8. The van der Waals surface area contributed by atoms with E-state index in [2.05, 4.69) is 26.2 Å². The van der Waals surface area contributed by atoms with Gasteiger partial charge in [-0.1, -0.05) is 34.1 Å². The van der Waals surface area contributed by atoms with Gasteiger partial charge in [-0.3, -0.25) is 0 Å². The lowest BCUT2D eigenvalue weighted by Gasteiger charge is -2.07. The number of anilines is 1. The Labute approximate surface area is 102 Å². The Morgan fingerprint density at radius 1 is 1.25 bits per heavy atom. The van der Waals surface area contributed by atoms with Gasteiger partial charge in [0.15, 0.2) is 0 Å². The number of rotatable bonds is 3. The molecule has 0 aliphatic carbocycles. The van der Waals surface area contributed by atoms with Crippen LogP contribution in [0.4, 0.5) is 10.1 Å². The lowest BCUT2D eigenvalue weighted by atomic mass is 10.2. The van der Waals surface area contributed by atoms with Gasteiger partial charge in [0.25, 0.3) is 0 Å². The molecule has 2 aromatic rings. The molecular weight excluding hydrogens is 271 g/mol. The molecule has 0 spiro atoms. The summed E-state index contributed by atoms with van der Waals surface area (Å²) in [6.45, 7) is 0.644. The summed E-state index contributed by atoms with van der Waals surface area (Å²) in [5.41, 5.74) is 1.85. The van der Waals surface area contributed by atoms with Crippen molar-refractivity contribution in [1.82, 2.24) is 4.98 Å². The van der Waals surface area contributed by atoms with Crippen LogP contribution in [-0.4, -0.2) is 4.98 Å². The fourth-order valence-electron chi connectivity index (χ4n) is 1.35. The predicted molar refractivity (Wildman–Crippen MR) is 65.7 cm³/mol. The van der Waals surface area contributed by atoms with Crippen molar-refractivity contribution in [2.45, 2.75) is 6.54 Å². The summed E-state index contributed by atoms with van der Waals surface area (Å²) in [7, 11) is 0. The van der Waals surface area contributed by atoms with Gasteiger partial charge in [-0.05, 0) is 17.7 Å². The number of pyridine rings is 1. The van der Waals surface area contributed by atoms with Gasteiger partial charge in [-0.2, -0.15) is 4.39 Å². The van der Waals surface area contributed by atoms with Gasteiger partial charge in [0.1, 0.15) is 0 Å². The second-order valence-electron chi connectivity index (χ2n) is 3.31. The molecule has 0 unspecified atom stereocenters. The van der Waals surface area contributed by atoms with Crippen LogP contribution >= 0.6 is 15.9 Å². The topological polar surface area (TPSA) is 24.9 Å². The van der Waals surface area contributed by atoms with E-state index in [1.54, 1.807) is 6.07 Å². The van der Waals surface area contributed by atoms with Crippen LogP contribution in [0.2, 0.25) is 0 Å². The molecule has 1 aromatic carbocycles. The third-order valence-corrected chi connectivity index (χ3v) is 2.94. The quantitative estimate of drug-likeness (QED) is 0.869. The van der Waals surface area contributed by atoms with Crippen molar-refractivity contribution >= 4 is 21.6 Å². The first-order chi connectivity index (χ1) is 7.75. The van der Waals surface area contributed by atoms with Crippen molar-refractivity contribution in [2.75, 3.05) is 5.32 Å². The van der Waals surface area contributed by atoms with Crippen LogP contribution in [-0.2, 0) is 6.54 Å². The number of nitrogens with zero attached hydrogens (tertiary/aromatic N) is 1. The second-order valence-corrected chi connectivity index (χ2v) is 4.17. The SMILES string of the molecule is Fc1cc(NCc2ccccc2Br)ccn1. The van der Waals surface area contributed by atoms with E-state index in [4.69, 9.17) is 0 Å². The lowest BCUT2D eigenvalue weighted by molar-refractivity contribution is 0.584. The highest BCUT2D eigenvalue weighted by molar-refractivity contribution is 9.10. The summed E-state index contributed by atoms with van der Waals surface area (Å²) in [6.07, 6.45) is 1.44. The molecule has 2 rings (SSSR count). The molecule has 0 fully saturated rings. The first kappa shape index (κ1) is 11.1. The van der Waals surface area contributed by atoms with Crippen molar-refractivity contribution in [3.63, 3.8) is 0 Å². The highest BCUT2D eigenvalue weighted by atomic mass is 79.9. The average Bonchev–Trinajstić information content (AvgIpc) is 2.28. The van der Waals surface area contributed by atoms with Gasteiger partial charge >= 0.3 is 0 Å². The van der Waals surface area contributed by atoms with Crippen LogP contribution in [0.15, 0.2) is 47.1 Å². The Hall–Kier alpha value is -1.42. The second kappa shape index (κ2) is 5.07. The zero-order chi connectivity index (χ0) is 11.4. The summed E-state index contributed by atoms with van der Waals surface area (Å²) < 4.78 is 13.9. The minimum absolute atomic E-state index is 0.475. The molecule has 4 heteroatoms. The van der Waals surface area contributed by atoms with Crippen LogP contribution in [0.5, 0.6) is 0 Å². The van der Waals surface area contributed by atoms with Gasteiger partial charge in [0, 0.05) is 29.0 Å². The zero-order valence-electron chi connectivity index (χ0n) is 8.45. The number of aromatic nitrogens is 1. The number of hydrogen-bond acceptors (Lipinski definition) is 2. The lowest BCUT2D eigenvalue weighted by Crippen LogP contribution is -2.00. The number of nitrogens with one attached hydrogen (secondary N) is 1. The summed E-state index contributed by atoms with van der Waals surface area (Å²) in [6, 6.07) is 11.0. The zero-order valence-corrected chi connectivity index (χ0v) is 10.0. The molecule has 82 valence electrons. The summed E-state index contributed by atoms with van der Waals surface area (Å²) in [4.78, 5) is 3.50. The molecule has 1 heterocycles. The van der Waals surface area contributed by atoms with E-state index in [1.165, 1.54) is 12.3 Å². The minimum Gasteiger partial charge on any atom is -0.381 e. The summed E-state index contributed by atoms with van der Waals surface area (Å²) in [5.74, 6) is -0.475. The first-order valence-electron chi connectivity index (χ1n) is 4.84. The fourth-order valence-corrected chi connectivity index (χ4v) is 1.78. The van der Waals surface area contributed by atoms with Crippen LogP contribution in [0.3, 0.4) is 0 Å². The summed E-state index contributed by atoms with van der Waals surface area (Å²) in [5, 5.41) is 3.13. The normalized spacial score (nSPS) is 10.1. The van der Waals surface area contributed by atoms with E-state index in [1.807, 2.05) is 24.3 Å². The Morgan fingerprint density at radius 2 is 2.06 bits per heavy atom. The molecule has 16 heavy (non-hydrogen) atoms. The Balaban J connectivity index is 2.05. The largest absolute Gasteiger partial charge is 0.381 e. The molecule has 0 saturated carbocycles. The maximum absolute atomic E-state index is 12.8. The van der Waals surface area contributed by atoms with Gasteiger partial charge < -0.3 is 5.32 Å². The van der Waals surface area contributed by atoms with Crippen molar-refractivity contribution in [2.24, 2.45) is 0 Å². The molecule has 0 bridgehead atoms. The number of halogens is 2. The molecule has 1 aromatic heterocycles. The van der Waals surface area contributed by atoms with E-state index in [9.17, 15) is 4.39 Å². The molecule has 0 saturated heterocycles. The van der Waals surface area contributed by atoms with Gasteiger partial charge in [0.05, 0.1) is 0 Å². The van der Waals surface area contributed by atoms with E-state index in [0.29, 0.717) is 6.54 Å². The smallest absolute Gasteiger partial charge is 0.214 e. The molecule has 0 radical (unpaired) electrons. The van der Waals surface area contributed by atoms with E-state index >= 15 is 0 Å². The van der Waals surface area contributed by atoms with E-state index < -0.39 is 5.95 Å². The molecule has 2 nitrogen and oxygen atoms in total. The van der Waals surface area contributed by atoms with Crippen LogP contribution in [0, 0.1) is 5.95 Å². The standard InChI is InChI=1S/C12H10BrFN2/c13-11-4-2-1-3-9(11)8-16-10-5-6-15-12(14)7-10/h1-7H,8H2,(H,15,16). The highest BCUT2D eigenvalue weighted by Crippen LogP contribution is 2.17. The number of benzene rings is 1. The minimum atomic E-state index is -0.475. The molecule has 0 atom stereocenters. The Bertz CT molecular complexity index is 488. The van der Waals surface area contributed by atoms with Crippen molar-refractivity contribution in [3.05, 3.63) is 58.6 Å². The van der Waals surface area contributed by atoms with Gasteiger partial charge in [-0.15, -0.1) is 0 Å². The first-order valence-corrected chi connectivity index (χ1v) is 5.64. The maximum Gasteiger partial charge on any atom is 0.214 e. The third kappa shape index (κ3) is 2.79. The van der Waals surface area contributed by atoms with Crippen LogP contribution in [0.25, 0.3) is 0 Å². The van der Waals surface area contributed by atoms with Crippen molar-refractivity contribution in [3.8, 4) is 0 Å². The van der Waals surface area contributed by atoms with Crippen LogP contribution in [0.1, 0.15) is 5.56 Å². The predicted octanol–water partition coefficient (Wildman–Crippen LogP) is 3.60. The third-order valence-electron chi connectivity index (χ3n) is 2.17. The molecule has 0 aliphatic rings. The summed E-state index contributed by atoms with van der Waals surface area (Å²) >= 11 is 3.46. The van der Waals surface area contributed by atoms with Crippen molar-refractivity contribution in [1.29, 1.82) is 0 Å². The molecule has 1 N–H and O–H groups in total. The van der Waals surface area contributed by atoms with Gasteiger partial charge in [0.2, 0.25) is 5.95 Å².